The fraction of sp³-hybridized carbons (Fsp3) is 0.211. The van der Waals surface area contributed by atoms with Crippen molar-refractivity contribution in [2.24, 2.45) is 5.92 Å². The number of nitrogens with one attached hydrogen (secondary N) is 1. The molecule has 0 bridgehead atoms. The summed E-state index contributed by atoms with van der Waals surface area (Å²) in [6, 6.07) is 15.1. The van der Waals surface area contributed by atoms with Crippen molar-refractivity contribution in [2.45, 2.75) is 12.8 Å². The summed E-state index contributed by atoms with van der Waals surface area (Å²) in [5.74, 6) is 0.269. The molecule has 0 spiro atoms. The quantitative estimate of drug-likeness (QED) is 0.744. The Morgan fingerprint density at radius 1 is 1.00 bits per heavy atom. The van der Waals surface area contributed by atoms with Gasteiger partial charge in [-0.25, -0.2) is 0 Å². The maximum absolute atomic E-state index is 12.5. The molecule has 0 aliphatic heterocycles. The van der Waals surface area contributed by atoms with Crippen molar-refractivity contribution in [1.82, 2.24) is 0 Å². The first-order valence-electron chi connectivity index (χ1n) is 7.61. The topological polar surface area (TPSA) is 29.1 Å². The minimum atomic E-state index is 0.0317. The molecule has 118 valence electrons. The molecule has 2 aromatic carbocycles. The highest BCUT2D eigenvalue weighted by Gasteiger charge is 2.28. The number of hydrogen-bond donors (Lipinski definition) is 1. The van der Waals surface area contributed by atoms with E-state index in [9.17, 15) is 4.79 Å². The molecule has 3 rings (SSSR count). The summed E-state index contributed by atoms with van der Waals surface area (Å²) in [4.78, 5) is 12.5. The SMILES string of the molecule is O=C1/C(=C\c2ccc(Cl)cc2)CC[C@H]1CNc1ccc(Cl)cc1. The Kier molecular flexibility index (Phi) is 5.04. The Labute approximate surface area is 146 Å². The summed E-state index contributed by atoms with van der Waals surface area (Å²) in [5, 5.41) is 4.72. The largest absolute Gasteiger partial charge is 0.384 e. The molecule has 0 amide bonds. The van der Waals surface area contributed by atoms with Gasteiger partial charge >= 0.3 is 0 Å². The Hall–Kier alpha value is -1.77. The van der Waals surface area contributed by atoms with Gasteiger partial charge in [0.2, 0.25) is 0 Å². The van der Waals surface area contributed by atoms with Crippen LogP contribution in [0.3, 0.4) is 0 Å². The zero-order valence-corrected chi connectivity index (χ0v) is 14.1. The molecule has 1 atom stereocenters. The molecule has 23 heavy (non-hydrogen) atoms. The number of carbonyl (C=O) groups excluding carboxylic acids is 1. The highest BCUT2D eigenvalue weighted by atomic mass is 35.5. The second kappa shape index (κ2) is 7.20. The summed E-state index contributed by atoms with van der Waals surface area (Å²) in [7, 11) is 0. The van der Waals surface area contributed by atoms with E-state index in [0.29, 0.717) is 16.6 Å². The number of allylic oxidation sites excluding steroid dienone is 1. The van der Waals surface area contributed by atoms with Crippen molar-refractivity contribution < 1.29 is 4.79 Å². The minimum absolute atomic E-state index is 0.0317. The highest BCUT2D eigenvalue weighted by molar-refractivity contribution is 6.30. The number of anilines is 1. The number of carbonyl (C=O) groups is 1. The highest BCUT2D eigenvalue weighted by Crippen LogP contribution is 2.29. The molecule has 2 aromatic rings. The standard InChI is InChI=1S/C19H17Cl2NO/c20-16-5-1-13(2-6-16)11-14-3-4-15(19(14)23)12-22-18-9-7-17(21)8-10-18/h1-2,5-11,15,22H,3-4,12H2/b14-11-/t15-/m0/s1. The molecule has 1 aliphatic rings. The first-order valence-corrected chi connectivity index (χ1v) is 8.37. The first kappa shape index (κ1) is 16.1. The Bertz CT molecular complexity index is 720. The zero-order valence-electron chi connectivity index (χ0n) is 12.6. The van der Waals surface area contributed by atoms with Crippen molar-refractivity contribution in [3.05, 3.63) is 69.7 Å². The van der Waals surface area contributed by atoms with Gasteiger partial charge in [-0.2, -0.15) is 0 Å². The maximum atomic E-state index is 12.5. The van der Waals surface area contributed by atoms with Crippen LogP contribution in [-0.4, -0.2) is 12.3 Å². The second-order valence-corrected chi connectivity index (χ2v) is 6.58. The molecule has 1 aliphatic carbocycles. The lowest BCUT2D eigenvalue weighted by Gasteiger charge is -2.10. The van der Waals surface area contributed by atoms with Gasteiger partial charge in [0.15, 0.2) is 5.78 Å². The molecular formula is C19H17Cl2NO. The fourth-order valence-electron chi connectivity index (χ4n) is 2.75. The second-order valence-electron chi connectivity index (χ2n) is 5.71. The lowest BCUT2D eigenvalue weighted by atomic mass is 10.0. The van der Waals surface area contributed by atoms with E-state index in [2.05, 4.69) is 5.32 Å². The van der Waals surface area contributed by atoms with Crippen molar-refractivity contribution >= 4 is 40.7 Å². The van der Waals surface area contributed by atoms with Crippen LogP contribution in [0, 0.1) is 5.92 Å². The van der Waals surface area contributed by atoms with Crippen LogP contribution >= 0.6 is 23.2 Å². The predicted octanol–water partition coefficient (Wildman–Crippen LogP) is 5.47. The predicted molar refractivity (Wildman–Crippen MR) is 97.1 cm³/mol. The molecule has 1 fully saturated rings. The van der Waals surface area contributed by atoms with Gasteiger partial charge < -0.3 is 5.32 Å². The minimum Gasteiger partial charge on any atom is -0.384 e. The van der Waals surface area contributed by atoms with E-state index < -0.39 is 0 Å². The van der Waals surface area contributed by atoms with E-state index in [0.717, 1.165) is 29.7 Å². The van der Waals surface area contributed by atoms with Crippen LogP contribution in [0.4, 0.5) is 5.69 Å². The number of Topliss-reactive ketones (excluding diaryl/α,β-unsaturated/α-hetero) is 1. The van der Waals surface area contributed by atoms with Crippen LogP contribution in [0.15, 0.2) is 54.1 Å². The van der Waals surface area contributed by atoms with Crippen LogP contribution in [0.1, 0.15) is 18.4 Å². The van der Waals surface area contributed by atoms with Gasteiger partial charge in [0.1, 0.15) is 0 Å². The van der Waals surface area contributed by atoms with Crippen LogP contribution in [0.2, 0.25) is 10.0 Å². The van der Waals surface area contributed by atoms with Gasteiger partial charge in [-0.3, -0.25) is 4.79 Å². The van der Waals surface area contributed by atoms with Gasteiger partial charge in [-0.05, 0) is 66.5 Å². The van der Waals surface area contributed by atoms with E-state index >= 15 is 0 Å². The Morgan fingerprint density at radius 2 is 1.61 bits per heavy atom. The van der Waals surface area contributed by atoms with Crippen molar-refractivity contribution in [1.29, 1.82) is 0 Å². The summed E-state index contributed by atoms with van der Waals surface area (Å²) in [5.41, 5.74) is 2.90. The van der Waals surface area contributed by atoms with Crippen LogP contribution in [-0.2, 0) is 4.79 Å². The molecule has 4 heteroatoms. The maximum Gasteiger partial charge on any atom is 0.163 e. The van der Waals surface area contributed by atoms with Gasteiger partial charge in [-0.1, -0.05) is 35.3 Å². The van der Waals surface area contributed by atoms with E-state index in [1.54, 1.807) is 0 Å². The lowest BCUT2D eigenvalue weighted by Crippen LogP contribution is -2.18. The molecule has 0 radical (unpaired) electrons. The monoisotopic (exact) mass is 345 g/mol. The molecule has 1 saturated carbocycles. The van der Waals surface area contributed by atoms with Crippen LogP contribution in [0.5, 0.6) is 0 Å². The summed E-state index contributed by atoms with van der Waals surface area (Å²) in [6.45, 7) is 0.651. The summed E-state index contributed by atoms with van der Waals surface area (Å²) < 4.78 is 0. The van der Waals surface area contributed by atoms with Gasteiger partial charge in [0, 0.05) is 28.2 Å². The summed E-state index contributed by atoms with van der Waals surface area (Å²) >= 11 is 11.8. The average Bonchev–Trinajstić information content (AvgIpc) is 2.90. The molecule has 0 unspecified atom stereocenters. The lowest BCUT2D eigenvalue weighted by molar-refractivity contribution is -0.117. The molecule has 1 N–H and O–H groups in total. The number of halogens is 2. The van der Waals surface area contributed by atoms with Crippen LogP contribution in [0.25, 0.3) is 6.08 Å². The van der Waals surface area contributed by atoms with Crippen LogP contribution < -0.4 is 5.32 Å². The summed E-state index contributed by atoms with van der Waals surface area (Å²) in [6.07, 6.45) is 3.69. The number of benzene rings is 2. The number of hydrogen-bond acceptors (Lipinski definition) is 2. The van der Waals surface area contributed by atoms with E-state index in [-0.39, 0.29) is 11.7 Å². The number of rotatable bonds is 4. The Balaban J connectivity index is 1.62. The van der Waals surface area contributed by atoms with Crippen molar-refractivity contribution in [3.8, 4) is 0 Å². The normalized spacial score (nSPS) is 19.3. The third-order valence-electron chi connectivity index (χ3n) is 4.06. The molecule has 0 saturated heterocycles. The van der Waals surface area contributed by atoms with Gasteiger partial charge in [0.05, 0.1) is 0 Å². The van der Waals surface area contributed by atoms with Gasteiger partial charge in [-0.15, -0.1) is 0 Å². The zero-order chi connectivity index (χ0) is 16.2. The number of ketones is 1. The first-order chi connectivity index (χ1) is 11.1. The third kappa shape index (κ3) is 4.15. The van der Waals surface area contributed by atoms with E-state index in [4.69, 9.17) is 23.2 Å². The van der Waals surface area contributed by atoms with Crippen molar-refractivity contribution in [2.75, 3.05) is 11.9 Å². The Morgan fingerprint density at radius 3 is 2.26 bits per heavy atom. The smallest absolute Gasteiger partial charge is 0.163 e. The fourth-order valence-corrected chi connectivity index (χ4v) is 3.01. The molecule has 0 heterocycles. The van der Waals surface area contributed by atoms with E-state index in [1.165, 1.54) is 0 Å². The van der Waals surface area contributed by atoms with Gasteiger partial charge in [0.25, 0.3) is 0 Å². The molecular weight excluding hydrogens is 329 g/mol. The van der Waals surface area contributed by atoms with E-state index in [1.807, 2.05) is 54.6 Å². The average molecular weight is 346 g/mol. The third-order valence-corrected chi connectivity index (χ3v) is 4.56. The van der Waals surface area contributed by atoms with Crippen molar-refractivity contribution in [3.63, 3.8) is 0 Å². The molecule has 0 aromatic heterocycles. The molecule has 2 nitrogen and oxygen atoms in total.